The first-order valence-electron chi connectivity index (χ1n) is 6.00. The Morgan fingerprint density at radius 2 is 1.67 bits per heavy atom. The van der Waals surface area contributed by atoms with Crippen LogP contribution < -0.4 is 0 Å². The van der Waals surface area contributed by atoms with Crippen molar-refractivity contribution >= 4 is 0 Å². The first-order chi connectivity index (χ1) is 8.21. The lowest BCUT2D eigenvalue weighted by atomic mass is 9.98. The van der Waals surface area contributed by atoms with Gasteiger partial charge in [-0.15, -0.1) is 0 Å². The smallest absolute Gasteiger partial charge is 0.242 e. The van der Waals surface area contributed by atoms with E-state index in [1.54, 1.807) is 0 Å². The summed E-state index contributed by atoms with van der Waals surface area (Å²) in [5.74, 6) is -3.88. The molecule has 1 atom stereocenters. The van der Waals surface area contributed by atoms with Crippen molar-refractivity contribution < 1.29 is 22.0 Å². The van der Waals surface area contributed by atoms with Gasteiger partial charge in [0.1, 0.15) is 0 Å². The van der Waals surface area contributed by atoms with E-state index in [4.69, 9.17) is 0 Å². The molecule has 1 heterocycles. The summed E-state index contributed by atoms with van der Waals surface area (Å²) in [6.45, 7) is 3.03. The van der Waals surface area contributed by atoms with Crippen molar-refractivity contribution in [1.82, 2.24) is 4.90 Å². The van der Waals surface area contributed by atoms with Crippen LogP contribution >= 0.6 is 0 Å². The lowest BCUT2D eigenvalue weighted by molar-refractivity contribution is -0.242. The molecule has 1 aliphatic rings. The van der Waals surface area contributed by atoms with Gasteiger partial charge < -0.3 is 0 Å². The molecule has 0 bridgehead atoms. The van der Waals surface area contributed by atoms with E-state index in [0.29, 0.717) is 17.7 Å². The number of hydrogen-bond acceptors (Lipinski definition) is 1. The minimum Gasteiger partial charge on any atom is -0.242 e. The number of hydrogen-bond donors (Lipinski definition) is 0. The Labute approximate surface area is 104 Å². The molecule has 0 aromatic rings. The first kappa shape index (κ1) is 15.4. The van der Waals surface area contributed by atoms with Crippen molar-refractivity contribution in [3.63, 3.8) is 0 Å². The number of likely N-dealkylation sites (tertiary alicyclic amines) is 1. The van der Waals surface area contributed by atoms with Gasteiger partial charge in [-0.05, 0) is 31.8 Å². The first-order valence-corrected chi connectivity index (χ1v) is 6.00. The van der Waals surface area contributed by atoms with Crippen LogP contribution in [0, 0.1) is 5.92 Å². The van der Waals surface area contributed by atoms with Crippen molar-refractivity contribution in [2.75, 3.05) is 13.1 Å². The Kier molecular flexibility index (Phi) is 4.75. The quantitative estimate of drug-likeness (QED) is 0.426. The molecular weight excluding hydrogens is 253 g/mol. The second-order valence-electron chi connectivity index (χ2n) is 4.79. The van der Waals surface area contributed by atoms with E-state index in [1.165, 1.54) is 6.92 Å². The van der Waals surface area contributed by atoms with Gasteiger partial charge in [-0.2, -0.15) is 17.6 Å². The Bertz CT molecular complexity index is 295. The van der Waals surface area contributed by atoms with E-state index >= 15 is 0 Å². The highest BCUT2D eigenvalue weighted by Crippen LogP contribution is 2.38. The number of halogens is 5. The topological polar surface area (TPSA) is 3.24 Å². The normalized spacial score (nSPS) is 22.6. The third-order valence-electron chi connectivity index (χ3n) is 3.24. The van der Waals surface area contributed by atoms with Gasteiger partial charge in [0, 0.05) is 13.1 Å². The summed E-state index contributed by atoms with van der Waals surface area (Å²) in [5, 5.41) is 0. The fourth-order valence-electron chi connectivity index (χ4n) is 2.01. The fraction of sp³-hybridized carbons (Fsp3) is 0.833. The summed E-state index contributed by atoms with van der Waals surface area (Å²) < 4.78 is 67.2. The molecule has 18 heavy (non-hydrogen) atoms. The molecular formula is C12H18F5N. The van der Waals surface area contributed by atoms with Crippen molar-refractivity contribution in [2.45, 2.75) is 44.8 Å². The van der Waals surface area contributed by atoms with Gasteiger partial charge >= 0.3 is 12.0 Å². The lowest BCUT2D eigenvalue weighted by Gasteiger charge is -2.38. The monoisotopic (exact) mass is 271 g/mol. The van der Waals surface area contributed by atoms with Crippen LogP contribution in [-0.4, -0.2) is 36.1 Å². The van der Waals surface area contributed by atoms with Gasteiger partial charge in [0.25, 0.3) is 0 Å². The molecule has 1 fully saturated rings. The minimum atomic E-state index is -4.15. The van der Waals surface area contributed by atoms with E-state index < -0.39 is 18.1 Å². The highest BCUT2D eigenvalue weighted by Gasteiger charge is 2.57. The SMILES string of the molecule is C/C=C\C(F)(F)C(F)C(F)(F)N1CCC(C)CC1. The van der Waals surface area contributed by atoms with Gasteiger partial charge in [0.05, 0.1) is 0 Å². The van der Waals surface area contributed by atoms with Crippen LogP contribution in [0.15, 0.2) is 12.2 Å². The molecule has 0 spiro atoms. The summed E-state index contributed by atoms with van der Waals surface area (Å²) in [7, 11) is 0. The Hall–Kier alpha value is -0.650. The van der Waals surface area contributed by atoms with Crippen LogP contribution in [0.25, 0.3) is 0 Å². The number of alkyl halides is 5. The molecule has 0 aromatic heterocycles. The largest absolute Gasteiger partial charge is 0.342 e. The Morgan fingerprint density at radius 1 is 1.17 bits per heavy atom. The van der Waals surface area contributed by atoms with Crippen molar-refractivity contribution in [3.8, 4) is 0 Å². The van der Waals surface area contributed by atoms with Crippen LogP contribution in [0.3, 0.4) is 0 Å². The molecule has 1 rings (SSSR count). The molecule has 0 aliphatic carbocycles. The van der Waals surface area contributed by atoms with Crippen LogP contribution in [0.5, 0.6) is 0 Å². The summed E-state index contributed by atoms with van der Waals surface area (Å²) >= 11 is 0. The molecule has 0 N–H and O–H groups in total. The van der Waals surface area contributed by atoms with E-state index in [9.17, 15) is 22.0 Å². The number of rotatable bonds is 4. The minimum absolute atomic E-state index is 0.0551. The number of nitrogens with zero attached hydrogens (tertiary/aromatic N) is 1. The predicted octanol–water partition coefficient (Wildman–Crippen LogP) is 3.86. The maximum atomic E-state index is 13.7. The van der Waals surface area contributed by atoms with Crippen LogP contribution in [0.1, 0.15) is 26.7 Å². The lowest BCUT2D eigenvalue weighted by Crippen LogP contribution is -2.56. The zero-order valence-corrected chi connectivity index (χ0v) is 10.5. The summed E-state index contributed by atoms with van der Waals surface area (Å²) in [4.78, 5) is 0.523. The molecule has 1 nitrogen and oxygen atoms in total. The third kappa shape index (κ3) is 3.22. The van der Waals surface area contributed by atoms with Gasteiger partial charge in [0.15, 0.2) is 0 Å². The molecule has 0 radical (unpaired) electrons. The molecule has 0 amide bonds. The number of piperidine rings is 1. The maximum Gasteiger partial charge on any atom is 0.342 e. The third-order valence-corrected chi connectivity index (χ3v) is 3.24. The van der Waals surface area contributed by atoms with E-state index in [1.807, 2.05) is 6.92 Å². The average Bonchev–Trinajstić information content (AvgIpc) is 2.28. The summed E-state index contributed by atoms with van der Waals surface area (Å²) in [6.07, 6.45) is -1.52. The second-order valence-corrected chi connectivity index (χ2v) is 4.79. The van der Waals surface area contributed by atoms with Gasteiger partial charge in [0.2, 0.25) is 6.17 Å². The maximum absolute atomic E-state index is 13.7. The van der Waals surface area contributed by atoms with Crippen LogP contribution in [0.4, 0.5) is 22.0 Å². The summed E-state index contributed by atoms with van der Waals surface area (Å²) in [6, 6.07) is -4.14. The molecule has 0 saturated carbocycles. The van der Waals surface area contributed by atoms with Crippen molar-refractivity contribution in [2.24, 2.45) is 5.92 Å². The molecule has 0 aromatic carbocycles. The molecule has 6 heteroatoms. The summed E-state index contributed by atoms with van der Waals surface area (Å²) in [5.41, 5.74) is 0. The van der Waals surface area contributed by atoms with E-state index in [2.05, 4.69) is 0 Å². The molecule has 1 saturated heterocycles. The van der Waals surface area contributed by atoms with Crippen molar-refractivity contribution in [1.29, 1.82) is 0 Å². The van der Waals surface area contributed by atoms with Crippen molar-refractivity contribution in [3.05, 3.63) is 12.2 Å². The fourth-order valence-corrected chi connectivity index (χ4v) is 2.01. The molecule has 106 valence electrons. The predicted molar refractivity (Wildman–Crippen MR) is 59.6 cm³/mol. The van der Waals surface area contributed by atoms with E-state index in [0.717, 1.165) is 6.08 Å². The van der Waals surface area contributed by atoms with Gasteiger partial charge in [-0.25, -0.2) is 9.29 Å². The standard InChI is InChI=1S/C12H18F5N/c1-3-6-11(14,15)10(13)12(16,17)18-7-4-9(2)5-8-18/h3,6,9-10H,4-5,7-8H2,1-2H3/b6-3-. The average molecular weight is 271 g/mol. The van der Waals surface area contributed by atoms with E-state index in [-0.39, 0.29) is 25.1 Å². The zero-order chi connectivity index (χ0) is 14.0. The highest BCUT2D eigenvalue weighted by atomic mass is 19.3. The highest BCUT2D eigenvalue weighted by molar-refractivity contribution is 5.02. The molecule has 1 unspecified atom stereocenters. The zero-order valence-electron chi connectivity index (χ0n) is 10.5. The van der Waals surface area contributed by atoms with Gasteiger partial charge in [-0.3, -0.25) is 0 Å². The van der Waals surface area contributed by atoms with Gasteiger partial charge in [-0.1, -0.05) is 13.0 Å². The van der Waals surface area contributed by atoms with Crippen LogP contribution in [0.2, 0.25) is 0 Å². The van der Waals surface area contributed by atoms with Crippen LogP contribution in [-0.2, 0) is 0 Å². The number of allylic oxidation sites excluding steroid dienone is 2. The molecule has 1 aliphatic heterocycles. The Balaban J connectivity index is 2.79. The Morgan fingerprint density at radius 3 is 2.11 bits per heavy atom. The second kappa shape index (κ2) is 5.55.